The van der Waals surface area contributed by atoms with Gasteiger partial charge in [-0.1, -0.05) is 78.9 Å². The molecule has 4 rings (SSSR count). The molecule has 3 aromatic carbocycles. The molecule has 1 aliphatic rings. The Labute approximate surface area is 165 Å². The van der Waals surface area contributed by atoms with E-state index in [4.69, 9.17) is 10.5 Å². The maximum Gasteiger partial charge on any atom is 0.118 e. The van der Waals surface area contributed by atoms with E-state index in [0.717, 1.165) is 28.0 Å². The highest BCUT2D eigenvalue weighted by Gasteiger charge is 2.43. The summed E-state index contributed by atoms with van der Waals surface area (Å²) in [5.41, 5.74) is 10.8. The van der Waals surface area contributed by atoms with Gasteiger partial charge in [-0.15, -0.1) is 0 Å². The second-order valence-electron chi connectivity index (χ2n) is 6.73. The van der Waals surface area contributed by atoms with Crippen molar-refractivity contribution < 1.29 is 4.74 Å². The van der Waals surface area contributed by atoms with Gasteiger partial charge in [-0.05, 0) is 28.8 Å². The smallest absolute Gasteiger partial charge is 0.118 e. The lowest BCUT2D eigenvalue weighted by Gasteiger charge is -2.29. The predicted molar refractivity (Wildman–Crippen MR) is 111 cm³/mol. The lowest BCUT2D eigenvalue weighted by atomic mass is 9.71. The van der Waals surface area contributed by atoms with E-state index >= 15 is 0 Å². The second kappa shape index (κ2) is 7.09. The summed E-state index contributed by atoms with van der Waals surface area (Å²) >= 11 is 0. The Bertz CT molecular complexity index is 1050. The first-order chi connectivity index (χ1) is 13.7. The van der Waals surface area contributed by atoms with Gasteiger partial charge in [-0.25, -0.2) is 0 Å². The van der Waals surface area contributed by atoms with E-state index < -0.39 is 5.41 Å². The summed E-state index contributed by atoms with van der Waals surface area (Å²) in [6.45, 7) is 0. The normalized spacial score (nSPS) is 15.1. The Kier molecular flexibility index (Phi) is 4.47. The molecule has 0 saturated carbocycles. The van der Waals surface area contributed by atoms with E-state index in [1.54, 1.807) is 7.11 Å². The number of rotatable bonds is 4. The predicted octanol–water partition coefficient (Wildman–Crippen LogP) is 4.81. The SMILES string of the molecule is COc1ccc(C2=CC(c3ccccc3)(c3ccccc3)C(C#N)=C2N)cc1. The van der Waals surface area contributed by atoms with Crippen molar-refractivity contribution in [2.75, 3.05) is 7.11 Å². The van der Waals surface area contributed by atoms with Gasteiger partial charge in [0.2, 0.25) is 0 Å². The second-order valence-corrected chi connectivity index (χ2v) is 6.73. The van der Waals surface area contributed by atoms with Crippen molar-refractivity contribution in [1.29, 1.82) is 5.26 Å². The number of allylic oxidation sites excluding steroid dienone is 3. The van der Waals surface area contributed by atoms with Crippen LogP contribution in [0.1, 0.15) is 16.7 Å². The van der Waals surface area contributed by atoms with Crippen LogP contribution >= 0.6 is 0 Å². The minimum Gasteiger partial charge on any atom is -0.497 e. The molecule has 0 atom stereocenters. The maximum atomic E-state index is 10.1. The number of nitriles is 1. The molecule has 0 saturated heterocycles. The van der Waals surface area contributed by atoms with Gasteiger partial charge in [0.1, 0.15) is 5.75 Å². The number of hydrogen-bond donors (Lipinski definition) is 1. The average molecular weight is 364 g/mol. The Morgan fingerprint density at radius 3 is 1.82 bits per heavy atom. The molecule has 136 valence electrons. The monoisotopic (exact) mass is 364 g/mol. The van der Waals surface area contributed by atoms with Crippen molar-refractivity contribution >= 4 is 5.57 Å². The summed E-state index contributed by atoms with van der Waals surface area (Å²) in [4.78, 5) is 0. The van der Waals surface area contributed by atoms with E-state index in [0.29, 0.717) is 11.3 Å². The molecule has 1 aliphatic carbocycles. The maximum absolute atomic E-state index is 10.1. The zero-order chi connectivity index (χ0) is 19.6. The van der Waals surface area contributed by atoms with Crippen LogP contribution in [-0.2, 0) is 5.41 Å². The molecule has 2 N–H and O–H groups in total. The third-order valence-electron chi connectivity index (χ3n) is 5.29. The number of ether oxygens (including phenoxy) is 1. The van der Waals surface area contributed by atoms with Gasteiger partial charge in [0.05, 0.1) is 29.9 Å². The molecular formula is C25H20N2O. The number of methoxy groups -OCH3 is 1. The summed E-state index contributed by atoms with van der Waals surface area (Å²) in [6.07, 6.45) is 2.12. The minimum atomic E-state index is -0.712. The van der Waals surface area contributed by atoms with Crippen molar-refractivity contribution in [2.45, 2.75) is 5.41 Å². The molecule has 0 amide bonds. The quantitative estimate of drug-likeness (QED) is 0.722. The molecule has 0 heterocycles. The van der Waals surface area contributed by atoms with Crippen LogP contribution in [0.5, 0.6) is 5.75 Å². The molecule has 0 unspecified atom stereocenters. The lowest BCUT2D eigenvalue weighted by molar-refractivity contribution is 0.415. The fourth-order valence-corrected chi connectivity index (χ4v) is 3.90. The van der Waals surface area contributed by atoms with Crippen molar-refractivity contribution in [3.63, 3.8) is 0 Å². The van der Waals surface area contributed by atoms with Crippen molar-refractivity contribution in [3.05, 3.63) is 119 Å². The van der Waals surface area contributed by atoms with Crippen LogP contribution in [0.4, 0.5) is 0 Å². The van der Waals surface area contributed by atoms with E-state index in [2.05, 4.69) is 12.1 Å². The van der Waals surface area contributed by atoms with Crippen LogP contribution in [0, 0.1) is 11.3 Å². The molecule has 28 heavy (non-hydrogen) atoms. The number of nitrogens with zero attached hydrogens (tertiary/aromatic N) is 1. The van der Waals surface area contributed by atoms with Gasteiger partial charge in [-0.2, -0.15) is 5.26 Å². The van der Waals surface area contributed by atoms with Gasteiger partial charge < -0.3 is 10.5 Å². The Balaban J connectivity index is 2.00. The van der Waals surface area contributed by atoms with Crippen LogP contribution < -0.4 is 10.5 Å². The summed E-state index contributed by atoms with van der Waals surface area (Å²) in [6, 6.07) is 30.3. The fraction of sp³-hybridized carbons (Fsp3) is 0.0800. The van der Waals surface area contributed by atoms with Crippen LogP contribution in [0.3, 0.4) is 0 Å². The van der Waals surface area contributed by atoms with Crippen LogP contribution in [0.15, 0.2) is 102 Å². The first-order valence-corrected chi connectivity index (χ1v) is 9.09. The first-order valence-electron chi connectivity index (χ1n) is 9.09. The lowest BCUT2D eigenvalue weighted by Crippen LogP contribution is -2.26. The Morgan fingerprint density at radius 1 is 0.821 bits per heavy atom. The van der Waals surface area contributed by atoms with Crippen LogP contribution in [-0.4, -0.2) is 7.11 Å². The zero-order valence-electron chi connectivity index (χ0n) is 15.6. The largest absolute Gasteiger partial charge is 0.497 e. The van der Waals surface area contributed by atoms with Crippen LogP contribution in [0.2, 0.25) is 0 Å². The molecule has 0 aliphatic heterocycles. The highest BCUT2D eigenvalue weighted by Crippen LogP contribution is 2.49. The molecule has 3 heteroatoms. The molecule has 3 aromatic rings. The molecule has 0 bridgehead atoms. The zero-order valence-corrected chi connectivity index (χ0v) is 15.6. The van der Waals surface area contributed by atoms with Gasteiger partial charge >= 0.3 is 0 Å². The topological polar surface area (TPSA) is 59.0 Å². The van der Waals surface area contributed by atoms with Crippen LogP contribution in [0.25, 0.3) is 5.57 Å². The third-order valence-corrected chi connectivity index (χ3v) is 5.29. The van der Waals surface area contributed by atoms with E-state index in [9.17, 15) is 5.26 Å². The molecule has 0 radical (unpaired) electrons. The summed E-state index contributed by atoms with van der Waals surface area (Å²) in [5, 5.41) is 10.1. The Hall–Kier alpha value is -3.77. The molecule has 0 spiro atoms. The summed E-state index contributed by atoms with van der Waals surface area (Å²) < 4.78 is 5.27. The fourth-order valence-electron chi connectivity index (χ4n) is 3.90. The first kappa shape index (κ1) is 17.6. The van der Waals surface area contributed by atoms with Gasteiger partial charge in [-0.3, -0.25) is 0 Å². The highest BCUT2D eigenvalue weighted by molar-refractivity contribution is 5.88. The van der Waals surface area contributed by atoms with E-state index in [1.165, 1.54) is 0 Å². The highest BCUT2D eigenvalue weighted by atomic mass is 16.5. The van der Waals surface area contributed by atoms with Crippen molar-refractivity contribution in [3.8, 4) is 11.8 Å². The average Bonchev–Trinajstić information content (AvgIpc) is 3.08. The summed E-state index contributed by atoms with van der Waals surface area (Å²) in [5.74, 6) is 0.780. The number of benzene rings is 3. The molecule has 0 fully saturated rings. The van der Waals surface area contributed by atoms with E-state index in [-0.39, 0.29) is 0 Å². The third kappa shape index (κ3) is 2.67. The molecule has 0 aromatic heterocycles. The molecule has 3 nitrogen and oxygen atoms in total. The van der Waals surface area contributed by atoms with Gasteiger partial charge in [0.25, 0.3) is 0 Å². The minimum absolute atomic E-state index is 0.514. The number of hydrogen-bond acceptors (Lipinski definition) is 3. The Morgan fingerprint density at radius 2 is 1.36 bits per heavy atom. The van der Waals surface area contributed by atoms with Crippen molar-refractivity contribution in [1.82, 2.24) is 0 Å². The standard InChI is InChI=1S/C25H20N2O/c1-28-21-14-12-18(13-15-21)22-16-25(23(17-26)24(22)27,19-8-4-2-5-9-19)20-10-6-3-7-11-20/h2-16H,27H2,1H3. The number of nitrogens with two attached hydrogens (primary N) is 1. The molecular weight excluding hydrogens is 344 g/mol. The summed E-state index contributed by atoms with van der Waals surface area (Å²) in [7, 11) is 1.64. The van der Waals surface area contributed by atoms with Gasteiger partial charge in [0, 0.05) is 5.57 Å². The van der Waals surface area contributed by atoms with E-state index in [1.807, 2.05) is 84.9 Å². The van der Waals surface area contributed by atoms with Gasteiger partial charge in [0.15, 0.2) is 0 Å². The van der Waals surface area contributed by atoms with Crippen molar-refractivity contribution in [2.24, 2.45) is 5.73 Å².